The van der Waals surface area contributed by atoms with E-state index in [4.69, 9.17) is 10.5 Å². The summed E-state index contributed by atoms with van der Waals surface area (Å²) in [6, 6.07) is 6.30. The van der Waals surface area contributed by atoms with Crippen molar-refractivity contribution in [1.82, 2.24) is 4.98 Å². The Hall–Kier alpha value is -1.29. The summed E-state index contributed by atoms with van der Waals surface area (Å²) in [6.45, 7) is 0. The number of nitrogens with one attached hydrogen (secondary N) is 1. The third-order valence-electron chi connectivity index (χ3n) is 3.09. The van der Waals surface area contributed by atoms with Crippen LogP contribution < -0.4 is 15.8 Å². The van der Waals surface area contributed by atoms with Gasteiger partial charge in [0.25, 0.3) is 0 Å². The van der Waals surface area contributed by atoms with Crippen LogP contribution in [-0.4, -0.2) is 24.2 Å². The van der Waals surface area contributed by atoms with Gasteiger partial charge in [-0.2, -0.15) is 4.98 Å². The number of hydrogen-bond donors (Lipinski definition) is 2. The van der Waals surface area contributed by atoms with Crippen LogP contribution in [0.4, 0.5) is 5.82 Å². The summed E-state index contributed by atoms with van der Waals surface area (Å²) in [5, 5.41) is 3.39. The highest BCUT2D eigenvalue weighted by Gasteiger charge is 2.21. The number of methoxy groups -OCH3 is 1. The molecule has 0 aromatic carbocycles. The second-order valence-corrected chi connectivity index (χ2v) is 4.26. The smallest absolute Gasteiger partial charge is 0.214 e. The zero-order chi connectivity index (χ0) is 11.4. The van der Waals surface area contributed by atoms with Crippen molar-refractivity contribution >= 4 is 5.82 Å². The molecule has 16 heavy (non-hydrogen) atoms. The first-order valence-corrected chi connectivity index (χ1v) is 5.83. The quantitative estimate of drug-likeness (QED) is 0.816. The Bertz CT molecular complexity index is 343. The molecule has 0 bridgehead atoms. The Labute approximate surface area is 96.2 Å². The lowest BCUT2D eigenvalue weighted by atomic mass is 9.91. The molecule has 0 radical (unpaired) electrons. The Morgan fingerprint density at radius 3 is 2.94 bits per heavy atom. The highest BCUT2D eigenvalue weighted by Crippen LogP contribution is 2.21. The van der Waals surface area contributed by atoms with Crippen molar-refractivity contribution in [2.45, 2.75) is 37.8 Å². The molecule has 88 valence electrons. The number of nitrogens with two attached hydrogens (primary N) is 1. The topological polar surface area (TPSA) is 60.2 Å². The molecule has 4 heteroatoms. The summed E-state index contributed by atoms with van der Waals surface area (Å²) < 4.78 is 5.09. The number of rotatable bonds is 3. The molecule has 4 nitrogen and oxygen atoms in total. The number of hydrogen-bond acceptors (Lipinski definition) is 4. The van der Waals surface area contributed by atoms with E-state index >= 15 is 0 Å². The van der Waals surface area contributed by atoms with Crippen LogP contribution in [0.1, 0.15) is 25.7 Å². The number of anilines is 1. The highest BCUT2D eigenvalue weighted by atomic mass is 16.5. The van der Waals surface area contributed by atoms with Gasteiger partial charge < -0.3 is 15.8 Å². The van der Waals surface area contributed by atoms with Gasteiger partial charge >= 0.3 is 0 Å². The van der Waals surface area contributed by atoms with Crippen molar-refractivity contribution < 1.29 is 4.74 Å². The average Bonchev–Trinajstić information content (AvgIpc) is 2.32. The standard InChI is InChI=1S/C12H19N3O/c1-16-12-8-4-7-11(15-12)14-10-6-3-2-5-9(10)13/h4,7-10H,2-3,5-6,13H2,1H3,(H,14,15). The fourth-order valence-electron chi connectivity index (χ4n) is 2.14. The second-order valence-electron chi connectivity index (χ2n) is 4.26. The largest absolute Gasteiger partial charge is 0.481 e. The summed E-state index contributed by atoms with van der Waals surface area (Å²) in [5.41, 5.74) is 6.08. The number of pyridine rings is 1. The first-order valence-electron chi connectivity index (χ1n) is 5.83. The van der Waals surface area contributed by atoms with E-state index in [2.05, 4.69) is 10.3 Å². The van der Waals surface area contributed by atoms with Crippen molar-refractivity contribution in [3.05, 3.63) is 18.2 Å². The maximum atomic E-state index is 6.08. The van der Waals surface area contributed by atoms with E-state index < -0.39 is 0 Å². The minimum absolute atomic E-state index is 0.238. The van der Waals surface area contributed by atoms with Crippen LogP contribution in [0.3, 0.4) is 0 Å². The summed E-state index contributed by atoms with van der Waals surface area (Å²) in [4.78, 5) is 4.33. The van der Waals surface area contributed by atoms with E-state index in [0.717, 1.165) is 18.7 Å². The lowest BCUT2D eigenvalue weighted by Crippen LogP contribution is -2.42. The van der Waals surface area contributed by atoms with Gasteiger partial charge in [0.1, 0.15) is 5.82 Å². The van der Waals surface area contributed by atoms with Gasteiger partial charge in [-0.05, 0) is 18.9 Å². The van der Waals surface area contributed by atoms with Crippen molar-refractivity contribution in [3.8, 4) is 5.88 Å². The Morgan fingerprint density at radius 2 is 2.19 bits per heavy atom. The summed E-state index contributed by atoms with van der Waals surface area (Å²) in [5.74, 6) is 1.48. The van der Waals surface area contributed by atoms with Crippen LogP contribution in [0.15, 0.2) is 18.2 Å². The molecule has 2 atom stereocenters. The number of ether oxygens (including phenoxy) is 1. The Morgan fingerprint density at radius 1 is 1.38 bits per heavy atom. The van der Waals surface area contributed by atoms with Gasteiger partial charge in [0.05, 0.1) is 7.11 Å². The fourth-order valence-corrected chi connectivity index (χ4v) is 2.14. The molecule has 2 rings (SSSR count). The summed E-state index contributed by atoms with van der Waals surface area (Å²) >= 11 is 0. The van der Waals surface area contributed by atoms with E-state index in [-0.39, 0.29) is 6.04 Å². The molecule has 1 aliphatic rings. The maximum Gasteiger partial charge on any atom is 0.214 e. The highest BCUT2D eigenvalue weighted by molar-refractivity contribution is 5.38. The van der Waals surface area contributed by atoms with Gasteiger partial charge in [0.15, 0.2) is 0 Å². The van der Waals surface area contributed by atoms with Crippen molar-refractivity contribution in [2.75, 3.05) is 12.4 Å². The zero-order valence-electron chi connectivity index (χ0n) is 9.65. The third kappa shape index (κ3) is 2.64. The van der Waals surface area contributed by atoms with Crippen LogP contribution in [0.5, 0.6) is 5.88 Å². The fraction of sp³-hybridized carbons (Fsp3) is 0.583. The first-order chi connectivity index (χ1) is 7.79. The molecule has 1 saturated carbocycles. The van der Waals surface area contributed by atoms with Gasteiger partial charge in [-0.25, -0.2) is 0 Å². The third-order valence-corrected chi connectivity index (χ3v) is 3.09. The molecular weight excluding hydrogens is 202 g/mol. The van der Waals surface area contributed by atoms with Crippen molar-refractivity contribution in [2.24, 2.45) is 5.73 Å². The molecule has 1 aromatic heterocycles. The minimum atomic E-state index is 0.238. The van der Waals surface area contributed by atoms with Crippen LogP contribution in [0.25, 0.3) is 0 Å². The lowest BCUT2D eigenvalue weighted by molar-refractivity contribution is 0.393. The predicted molar refractivity (Wildman–Crippen MR) is 64.6 cm³/mol. The van der Waals surface area contributed by atoms with Crippen molar-refractivity contribution in [3.63, 3.8) is 0 Å². The van der Waals surface area contributed by atoms with Crippen LogP contribution in [0.2, 0.25) is 0 Å². The van der Waals surface area contributed by atoms with Crippen LogP contribution >= 0.6 is 0 Å². The molecule has 0 saturated heterocycles. The molecule has 1 aliphatic carbocycles. The van der Waals surface area contributed by atoms with E-state index in [1.807, 2.05) is 18.2 Å². The lowest BCUT2D eigenvalue weighted by Gasteiger charge is -2.29. The van der Waals surface area contributed by atoms with Crippen LogP contribution in [-0.2, 0) is 0 Å². The molecule has 1 heterocycles. The van der Waals surface area contributed by atoms with Gasteiger partial charge in [0.2, 0.25) is 5.88 Å². The first kappa shape index (κ1) is 11.2. The average molecular weight is 221 g/mol. The molecule has 0 spiro atoms. The van der Waals surface area contributed by atoms with Crippen molar-refractivity contribution in [1.29, 1.82) is 0 Å². The minimum Gasteiger partial charge on any atom is -0.481 e. The van der Waals surface area contributed by atoms with Gasteiger partial charge in [-0.3, -0.25) is 0 Å². The SMILES string of the molecule is COc1cccc(NC2CCCCC2N)n1. The van der Waals surface area contributed by atoms with Gasteiger partial charge in [-0.1, -0.05) is 18.9 Å². The number of nitrogens with zero attached hydrogens (tertiary/aromatic N) is 1. The van der Waals surface area contributed by atoms with E-state index in [1.54, 1.807) is 7.11 Å². The normalized spacial score (nSPS) is 25.1. The van der Waals surface area contributed by atoms with E-state index in [0.29, 0.717) is 11.9 Å². The molecule has 1 aromatic rings. The van der Waals surface area contributed by atoms with Gasteiger partial charge in [-0.15, -0.1) is 0 Å². The number of aromatic nitrogens is 1. The molecule has 3 N–H and O–H groups in total. The molecule has 0 amide bonds. The maximum absolute atomic E-state index is 6.08. The zero-order valence-corrected chi connectivity index (χ0v) is 9.65. The monoisotopic (exact) mass is 221 g/mol. The Balaban J connectivity index is 2.01. The van der Waals surface area contributed by atoms with E-state index in [1.165, 1.54) is 12.8 Å². The molecular formula is C12H19N3O. The second kappa shape index (κ2) is 5.16. The molecule has 2 unspecified atom stereocenters. The summed E-state index contributed by atoms with van der Waals surface area (Å²) in [6.07, 6.45) is 4.71. The van der Waals surface area contributed by atoms with Crippen LogP contribution in [0, 0.1) is 0 Å². The Kier molecular flexibility index (Phi) is 3.62. The summed E-state index contributed by atoms with van der Waals surface area (Å²) in [7, 11) is 1.62. The molecule has 1 fully saturated rings. The van der Waals surface area contributed by atoms with E-state index in [9.17, 15) is 0 Å². The van der Waals surface area contributed by atoms with Gasteiger partial charge in [0, 0.05) is 18.2 Å². The molecule has 0 aliphatic heterocycles. The predicted octanol–water partition coefficient (Wildman–Crippen LogP) is 1.77.